The molecule has 0 bridgehead atoms. The number of carboxylic acid groups (broad SMARTS) is 1. The Kier molecular flexibility index (Phi) is 13.2. The van der Waals surface area contributed by atoms with Gasteiger partial charge in [0.1, 0.15) is 29.6 Å². The number of benzene rings is 2. The SMILES string of the molecule is CC(C)C(N)C(=O)NC(Cc1ccc(O)cc1)C(=O)NC(CCCN=C(N)N)C(=O)NC(Cc1ccc(O)cc1)C(=O)O. The lowest BCUT2D eigenvalue weighted by molar-refractivity contribution is -0.142. The van der Waals surface area contributed by atoms with Crippen molar-refractivity contribution in [3.63, 3.8) is 0 Å². The van der Waals surface area contributed by atoms with Crippen molar-refractivity contribution >= 4 is 29.7 Å². The van der Waals surface area contributed by atoms with E-state index in [1.807, 2.05) is 0 Å². The summed E-state index contributed by atoms with van der Waals surface area (Å²) in [4.78, 5) is 55.6. The highest BCUT2D eigenvalue weighted by atomic mass is 16.4. The number of nitrogens with zero attached hydrogens (tertiary/aromatic N) is 1. The van der Waals surface area contributed by atoms with Crippen LogP contribution in [0.1, 0.15) is 37.8 Å². The third-order valence-electron chi connectivity index (χ3n) is 6.60. The molecular formula is C29H41N7O7. The molecule has 4 atom stereocenters. The zero-order valence-corrected chi connectivity index (χ0v) is 24.2. The molecule has 0 saturated carbocycles. The lowest BCUT2D eigenvalue weighted by Crippen LogP contribution is -2.58. The van der Waals surface area contributed by atoms with E-state index < -0.39 is 47.9 Å². The average molecular weight is 600 g/mol. The molecule has 2 rings (SSSR count). The lowest BCUT2D eigenvalue weighted by atomic mass is 10.0. The van der Waals surface area contributed by atoms with E-state index in [1.165, 1.54) is 36.4 Å². The number of phenolic OH excluding ortho intramolecular Hbond substituents is 2. The molecule has 0 heterocycles. The summed E-state index contributed by atoms with van der Waals surface area (Å²) in [7, 11) is 0. The Hall–Kier alpha value is -4.85. The van der Waals surface area contributed by atoms with Gasteiger partial charge in [-0.1, -0.05) is 38.1 Å². The van der Waals surface area contributed by atoms with Gasteiger partial charge in [-0.05, 0) is 54.2 Å². The largest absolute Gasteiger partial charge is 0.508 e. The van der Waals surface area contributed by atoms with Crippen LogP contribution in [-0.2, 0) is 32.0 Å². The standard InChI is InChI=1S/C29H41N7O7/c1-16(2)24(30)27(41)35-22(14-17-5-9-19(37)10-6-17)26(40)34-21(4-3-13-33-29(31)32)25(39)36-23(28(42)43)15-18-7-11-20(38)12-8-18/h5-12,16,21-24,37-38H,3-4,13-15,30H2,1-2H3,(H,34,40)(H,35,41)(H,36,39)(H,42,43)(H4,31,32,33). The second-order valence-electron chi connectivity index (χ2n) is 10.5. The fraction of sp³-hybridized carbons (Fsp3) is 0.414. The van der Waals surface area contributed by atoms with Crippen molar-refractivity contribution in [1.29, 1.82) is 0 Å². The van der Waals surface area contributed by atoms with Crippen molar-refractivity contribution in [3.05, 3.63) is 59.7 Å². The number of carbonyl (C=O) groups excluding carboxylic acids is 3. The maximum absolute atomic E-state index is 13.5. The van der Waals surface area contributed by atoms with Crippen molar-refractivity contribution in [2.24, 2.45) is 28.1 Å². The Bertz CT molecular complexity index is 1260. The van der Waals surface area contributed by atoms with E-state index in [0.29, 0.717) is 11.1 Å². The van der Waals surface area contributed by atoms with Crippen LogP contribution in [0.25, 0.3) is 0 Å². The monoisotopic (exact) mass is 599 g/mol. The zero-order valence-electron chi connectivity index (χ0n) is 24.2. The smallest absolute Gasteiger partial charge is 0.326 e. The summed E-state index contributed by atoms with van der Waals surface area (Å²) in [5.41, 5.74) is 17.9. The number of guanidine groups is 1. The van der Waals surface area contributed by atoms with E-state index >= 15 is 0 Å². The molecular weight excluding hydrogens is 558 g/mol. The van der Waals surface area contributed by atoms with Crippen molar-refractivity contribution in [2.75, 3.05) is 6.54 Å². The van der Waals surface area contributed by atoms with Crippen LogP contribution in [0.4, 0.5) is 0 Å². The van der Waals surface area contributed by atoms with Crippen LogP contribution in [0, 0.1) is 5.92 Å². The molecule has 0 aliphatic rings. The zero-order chi connectivity index (χ0) is 32.1. The van der Waals surface area contributed by atoms with E-state index in [0.717, 1.165) is 0 Å². The minimum absolute atomic E-state index is 0.00603. The predicted octanol–water partition coefficient (Wildman–Crippen LogP) is -0.541. The molecule has 3 amide bonds. The molecule has 14 heteroatoms. The number of rotatable bonds is 16. The van der Waals surface area contributed by atoms with Gasteiger partial charge in [-0.2, -0.15) is 0 Å². The van der Waals surface area contributed by atoms with Crippen LogP contribution >= 0.6 is 0 Å². The number of nitrogens with one attached hydrogen (secondary N) is 3. The minimum Gasteiger partial charge on any atom is -0.508 e. The van der Waals surface area contributed by atoms with Crippen molar-refractivity contribution < 1.29 is 34.5 Å². The second kappa shape index (κ2) is 16.6. The lowest BCUT2D eigenvalue weighted by Gasteiger charge is -2.26. The Labute approximate surface area is 249 Å². The number of hydrogen-bond donors (Lipinski definition) is 9. The van der Waals surface area contributed by atoms with Crippen LogP contribution in [-0.4, -0.2) is 75.7 Å². The molecule has 4 unspecified atom stereocenters. The van der Waals surface area contributed by atoms with Gasteiger partial charge in [0, 0.05) is 19.4 Å². The second-order valence-corrected chi connectivity index (χ2v) is 10.5. The predicted molar refractivity (Wildman–Crippen MR) is 160 cm³/mol. The van der Waals surface area contributed by atoms with E-state index in [2.05, 4.69) is 20.9 Å². The minimum atomic E-state index is -1.34. The number of hydrogen-bond acceptors (Lipinski definition) is 8. The molecule has 2 aromatic carbocycles. The topological polar surface area (TPSA) is 255 Å². The van der Waals surface area contributed by atoms with Gasteiger partial charge < -0.3 is 48.5 Å². The summed E-state index contributed by atoms with van der Waals surface area (Å²) < 4.78 is 0. The first-order valence-electron chi connectivity index (χ1n) is 13.8. The van der Waals surface area contributed by atoms with Gasteiger partial charge in [0.05, 0.1) is 6.04 Å². The molecule has 0 aromatic heterocycles. The van der Waals surface area contributed by atoms with E-state index in [1.54, 1.807) is 26.0 Å². The third kappa shape index (κ3) is 11.9. The van der Waals surface area contributed by atoms with Crippen molar-refractivity contribution in [3.8, 4) is 11.5 Å². The number of phenols is 2. The summed E-state index contributed by atoms with van der Waals surface area (Å²) in [6, 6.07) is 7.31. The fourth-order valence-corrected chi connectivity index (χ4v) is 4.03. The molecule has 14 nitrogen and oxygen atoms in total. The molecule has 43 heavy (non-hydrogen) atoms. The number of aliphatic carboxylic acids is 1. The van der Waals surface area contributed by atoms with Gasteiger partial charge in [-0.3, -0.25) is 19.4 Å². The van der Waals surface area contributed by atoms with Crippen LogP contribution in [0.15, 0.2) is 53.5 Å². The maximum Gasteiger partial charge on any atom is 0.326 e. The molecule has 0 aliphatic carbocycles. The number of carbonyl (C=O) groups is 4. The molecule has 0 spiro atoms. The molecule has 234 valence electrons. The van der Waals surface area contributed by atoms with Crippen LogP contribution in [0.3, 0.4) is 0 Å². The van der Waals surface area contributed by atoms with Crippen LogP contribution < -0.4 is 33.2 Å². The van der Waals surface area contributed by atoms with Gasteiger partial charge >= 0.3 is 5.97 Å². The summed E-state index contributed by atoms with van der Waals surface area (Å²) >= 11 is 0. The molecule has 0 radical (unpaired) electrons. The van der Waals surface area contributed by atoms with Gasteiger partial charge in [0.25, 0.3) is 0 Å². The van der Waals surface area contributed by atoms with Crippen LogP contribution in [0.2, 0.25) is 0 Å². The molecule has 12 N–H and O–H groups in total. The quantitative estimate of drug-likeness (QED) is 0.0676. The summed E-state index contributed by atoms with van der Waals surface area (Å²) in [6.07, 6.45) is 0.247. The number of aromatic hydroxyl groups is 2. The first-order chi connectivity index (χ1) is 20.3. The third-order valence-corrected chi connectivity index (χ3v) is 6.60. The van der Waals surface area contributed by atoms with Crippen LogP contribution in [0.5, 0.6) is 11.5 Å². The van der Waals surface area contributed by atoms with E-state index in [4.69, 9.17) is 17.2 Å². The average Bonchev–Trinajstić information content (AvgIpc) is 2.95. The Morgan fingerprint density at radius 3 is 1.65 bits per heavy atom. The molecule has 0 aliphatic heterocycles. The normalized spacial score (nSPS) is 13.7. The Balaban J connectivity index is 2.28. The summed E-state index contributed by atoms with van der Waals surface area (Å²) in [5.74, 6) is -3.67. The first-order valence-corrected chi connectivity index (χ1v) is 13.8. The van der Waals surface area contributed by atoms with Gasteiger partial charge in [0.15, 0.2) is 5.96 Å². The highest BCUT2D eigenvalue weighted by Gasteiger charge is 2.31. The van der Waals surface area contributed by atoms with E-state index in [9.17, 15) is 34.5 Å². The Morgan fingerprint density at radius 1 is 0.744 bits per heavy atom. The fourth-order valence-electron chi connectivity index (χ4n) is 4.03. The van der Waals surface area contributed by atoms with Crippen molar-refractivity contribution in [1.82, 2.24) is 16.0 Å². The highest BCUT2D eigenvalue weighted by Crippen LogP contribution is 2.14. The van der Waals surface area contributed by atoms with E-state index in [-0.39, 0.29) is 55.6 Å². The highest BCUT2D eigenvalue weighted by molar-refractivity contribution is 5.94. The van der Waals surface area contributed by atoms with Gasteiger partial charge in [-0.15, -0.1) is 0 Å². The number of aliphatic imine (C=N–C) groups is 1. The maximum atomic E-state index is 13.5. The number of carboxylic acids is 1. The molecule has 0 fully saturated rings. The summed E-state index contributed by atoms with van der Waals surface area (Å²) in [6.45, 7) is 3.66. The van der Waals surface area contributed by atoms with Gasteiger partial charge in [0.2, 0.25) is 17.7 Å². The van der Waals surface area contributed by atoms with Gasteiger partial charge in [-0.25, -0.2) is 4.79 Å². The van der Waals surface area contributed by atoms with Crippen molar-refractivity contribution in [2.45, 2.75) is 63.7 Å². The number of nitrogens with two attached hydrogens (primary N) is 3. The molecule has 0 saturated heterocycles. The molecule has 2 aromatic rings. The first kappa shape index (κ1) is 34.4. The Morgan fingerprint density at radius 2 is 1.19 bits per heavy atom. The summed E-state index contributed by atoms with van der Waals surface area (Å²) in [5, 5.41) is 36.6. The number of amides is 3.